The average molecular weight is 436 g/mol. The van der Waals surface area contributed by atoms with E-state index in [0.29, 0.717) is 5.56 Å². The normalized spacial score (nSPS) is 19.6. The fourth-order valence-electron chi connectivity index (χ4n) is 2.98. The van der Waals surface area contributed by atoms with Gasteiger partial charge in [0, 0.05) is 19.8 Å². The van der Waals surface area contributed by atoms with Crippen molar-refractivity contribution in [1.82, 2.24) is 5.01 Å². The fourth-order valence-corrected chi connectivity index (χ4v) is 4.30. The third-order valence-electron chi connectivity index (χ3n) is 4.59. The first-order chi connectivity index (χ1) is 14.4. The molecule has 1 aliphatic rings. The van der Waals surface area contributed by atoms with E-state index < -0.39 is 28.5 Å². The van der Waals surface area contributed by atoms with E-state index >= 15 is 0 Å². The van der Waals surface area contributed by atoms with Crippen LogP contribution in [-0.4, -0.2) is 49.7 Å². The Morgan fingerprint density at radius 3 is 2.60 bits per heavy atom. The molecule has 0 spiro atoms. The molecule has 0 N–H and O–H groups in total. The maximum Gasteiger partial charge on any atom is 0.273 e. The SMILES string of the molecule is COCOC[C@]1(c2ccccc2)SC(c2cc(F)ccc2F)=NN1C(=O)[C@H](C)OC. The summed E-state index contributed by atoms with van der Waals surface area (Å²) in [7, 11) is 2.89. The van der Waals surface area contributed by atoms with Gasteiger partial charge in [-0.05, 0) is 30.7 Å². The zero-order valence-electron chi connectivity index (χ0n) is 16.8. The Morgan fingerprint density at radius 1 is 1.20 bits per heavy atom. The Hall–Kier alpha value is -2.33. The molecule has 1 heterocycles. The Labute approximate surface area is 177 Å². The van der Waals surface area contributed by atoms with E-state index in [9.17, 15) is 13.6 Å². The highest BCUT2D eigenvalue weighted by Gasteiger charge is 2.50. The molecule has 0 aromatic heterocycles. The van der Waals surface area contributed by atoms with Crippen LogP contribution in [-0.2, 0) is 23.9 Å². The number of hydrazone groups is 1. The van der Waals surface area contributed by atoms with Crippen LogP contribution in [0.2, 0.25) is 0 Å². The van der Waals surface area contributed by atoms with E-state index in [1.807, 2.05) is 30.3 Å². The van der Waals surface area contributed by atoms with E-state index in [2.05, 4.69) is 5.10 Å². The van der Waals surface area contributed by atoms with Crippen molar-refractivity contribution in [3.05, 3.63) is 71.3 Å². The second kappa shape index (κ2) is 9.65. The summed E-state index contributed by atoms with van der Waals surface area (Å²) in [4.78, 5) is 12.0. The lowest BCUT2D eigenvalue weighted by Crippen LogP contribution is -2.48. The molecule has 9 heteroatoms. The predicted octanol–water partition coefficient (Wildman–Crippen LogP) is 3.71. The van der Waals surface area contributed by atoms with Gasteiger partial charge in [0.1, 0.15) is 29.6 Å². The number of rotatable bonds is 8. The minimum atomic E-state index is -1.16. The van der Waals surface area contributed by atoms with Gasteiger partial charge in [-0.1, -0.05) is 42.1 Å². The van der Waals surface area contributed by atoms with Gasteiger partial charge < -0.3 is 14.2 Å². The van der Waals surface area contributed by atoms with Gasteiger partial charge in [0.25, 0.3) is 5.91 Å². The first kappa shape index (κ1) is 22.4. The highest BCUT2D eigenvalue weighted by Crippen LogP contribution is 2.48. The second-order valence-electron chi connectivity index (χ2n) is 6.56. The number of ether oxygens (including phenoxy) is 3. The smallest absolute Gasteiger partial charge is 0.273 e. The molecular weight excluding hydrogens is 414 g/mol. The molecule has 0 saturated heterocycles. The van der Waals surface area contributed by atoms with Gasteiger partial charge in [0.15, 0.2) is 4.87 Å². The van der Waals surface area contributed by atoms with Crippen molar-refractivity contribution in [2.45, 2.75) is 17.9 Å². The van der Waals surface area contributed by atoms with Gasteiger partial charge >= 0.3 is 0 Å². The van der Waals surface area contributed by atoms with Crippen molar-refractivity contribution in [3.8, 4) is 0 Å². The van der Waals surface area contributed by atoms with Gasteiger partial charge in [0.05, 0.1) is 6.61 Å². The maximum absolute atomic E-state index is 14.5. The van der Waals surface area contributed by atoms with Crippen LogP contribution in [0.1, 0.15) is 18.1 Å². The van der Waals surface area contributed by atoms with E-state index in [0.717, 1.165) is 30.0 Å². The third-order valence-corrected chi connectivity index (χ3v) is 5.95. The number of nitrogens with zero attached hydrogens (tertiary/aromatic N) is 2. The van der Waals surface area contributed by atoms with Crippen molar-refractivity contribution >= 4 is 22.7 Å². The molecule has 2 aromatic rings. The minimum Gasteiger partial charge on any atom is -0.372 e. The number of hydrogen-bond donors (Lipinski definition) is 0. The zero-order chi connectivity index (χ0) is 21.7. The molecule has 0 saturated carbocycles. The number of hydrogen-bond acceptors (Lipinski definition) is 6. The number of benzene rings is 2. The number of methoxy groups -OCH3 is 2. The number of carbonyl (C=O) groups is 1. The number of amides is 1. The van der Waals surface area contributed by atoms with E-state index in [-0.39, 0.29) is 24.0 Å². The number of carbonyl (C=O) groups excluding carboxylic acids is 1. The zero-order valence-corrected chi connectivity index (χ0v) is 17.6. The number of halogens is 2. The molecule has 0 aliphatic carbocycles. The van der Waals surface area contributed by atoms with Gasteiger partial charge in [-0.25, -0.2) is 13.8 Å². The summed E-state index contributed by atoms with van der Waals surface area (Å²) in [5, 5.41) is 5.79. The molecule has 0 radical (unpaired) electrons. The predicted molar refractivity (Wildman–Crippen MR) is 110 cm³/mol. The monoisotopic (exact) mass is 436 g/mol. The Balaban J connectivity index is 2.13. The molecule has 0 bridgehead atoms. The molecule has 1 amide bonds. The van der Waals surface area contributed by atoms with Gasteiger partial charge in [0.2, 0.25) is 0 Å². The van der Waals surface area contributed by atoms with E-state index in [1.54, 1.807) is 6.92 Å². The largest absolute Gasteiger partial charge is 0.372 e. The van der Waals surface area contributed by atoms with E-state index in [1.165, 1.54) is 19.2 Å². The van der Waals surface area contributed by atoms with Crippen LogP contribution in [0.5, 0.6) is 0 Å². The maximum atomic E-state index is 14.5. The summed E-state index contributed by atoms with van der Waals surface area (Å²) in [6.45, 7) is 1.58. The Kier molecular flexibility index (Phi) is 7.19. The number of thioether (sulfide) groups is 1. The third kappa shape index (κ3) is 4.39. The Morgan fingerprint density at radius 2 is 1.93 bits per heavy atom. The highest BCUT2D eigenvalue weighted by molar-refractivity contribution is 8.15. The van der Waals surface area contributed by atoms with Crippen LogP contribution in [0.15, 0.2) is 53.6 Å². The lowest BCUT2D eigenvalue weighted by atomic mass is 10.1. The van der Waals surface area contributed by atoms with Crippen molar-refractivity contribution in [3.63, 3.8) is 0 Å². The second-order valence-corrected chi connectivity index (χ2v) is 7.83. The van der Waals surface area contributed by atoms with Crippen LogP contribution in [0.25, 0.3) is 0 Å². The quantitative estimate of drug-likeness (QED) is 0.466. The van der Waals surface area contributed by atoms with Crippen LogP contribution in [0.4, 0.5) is 8.78 Å². The summed E-state index contributed by atoms with van der Waals surface area (Å²) in [5.74, 6) is -1.69. The molecule has 0 fully saturated rings. The summed E-state index contributed by atoms with van der Waals surface area (Å²) >= 11 is 1.11. The molecule has 160 valence electrons. The average Bonchev–Trinajstić information content (AvgIpc) is 3.15. The molecule has 3 rings (SSSR count). The lowest BCUT2D eigenvalue weighted by molar-refractivity contribution is -0.148. The molecule has 2 aromatic carbocycles. The topological polar surface area (TPSA) is 60.4 Å². The molecular formula is C21H22F2N2O4S. The van der Waals surface area contributed by atoms with Crippen LogP contribution < -0.4 is 0 Å². The van der Waals surface area contributed by atoms with Crippen molar-refractivity contribution < 1.29 is 27.8 Å². The van der Waals surface area contributed by atoms with Crippen molar-refractivity contribution in [1.29, 1.82) is 0 Å². The fraction of sp³-hybridized carbons (Fsp3) is 0.333. The van der Waals surface area contributed by atoms with Crippen LogP contribution in [0.3, 0.4) is 0 Å². The minimum absolute atomic E-state index is 0.00162. The first-order valence-corrected chi connectivity index (χ1v) is 9.96. The van der Waals surface area contributed by atoms with Gasteiger partial charge in [-0.3, -0.25) is 4.79 Å². The molecule has 6 nitrogen and oxygen atoms in total. The summed E-state index contributed by atoms with van der Waals surface area (Å²) < 4.78 is 44.1. The van der Waals surface area contributed by atoms with E-state index in [4.69, 9.17) is 14.2 Å². The molecule has 30 heavy (non-hydrogen) atoms. The molecule has 1 aliphatic heterocycles. The summed E-state index contributed by atoms with van der Waals surface area (Å²) in [5.41, 5.74) is 0.672. The van der Waals surface area contributed by atoms with Crippen LogP contribution in [0, 0.1) is 11.6 Å². The summed E-state index contributed by atoms with van der Waals surface area (Å²) in [6, 6.07) is 12.2. The molecule has 0 unspecified atom stereocenters. The van der Waals surface area contributed by atoms with Gasteiger partial charge in [-0.15, -0.1) is 0 Å². The molecule has 2 atom stereocenters. The van der Waals surface area contributed by atoms with Gasteiger partial charge in [-0.2, -0.15) is 5.10 Å². The lowest BCUT2D eigenvalue weighted by Gasteiger charge is -2.36. The van der Waals surface area contributed by atoms with Crippen molar-refractivity contribution in [2.75, 3.05) is 27.6 Å². The van der Waals surface area contributed by atoms with Crippen molar-refractivity contribution in [2.24, 2.45) is 5.10 Å². The highest BCUT2D eigenvalue weighted by atomic mass is 32.2. The van der Waals surface area contributed by atoms with Crippen LogP contribution >= 0.6 is 11.8 Å². The Bertz CT molecular complexity index is 928. The standard InChI is InChI=1S/C21H22F2N2O4S/c1-14(28-3)20(26)25-21(12-29-13-27-2,15-7-5-4-6-8-15)30-19(24-25)17-11-16(22)9-10-18(17)23/h4-11,14H,12-13H2,1-3H3/t14-,21+/m0/s1. The first-order valence-electron chi connectivity index (χ1n) is 9.15. The summed E-state index contributed by atoms with van der Waals surface area (Å²) in [6.07, 6.45) is -0.809.